The van der Waals surface area contributed by atoms with Crippen molar-refractivity contribution in [2.24, 2.45) is 0 Å². The van der Waals surface area contributed by atoms with Crippen molar-refractivity contribution >= 4 is 17.2 Å². The Bertz CT molecular complexity index is 950. The summed E-state index contributed by atoms with van der Waals surface area (Å²) in [5.74, 6) is 1.23. The molecule has 0 aromatic carbocycles. The van der Waals surface area contributed by atoms with Crippen LogP contribution in [-0.2, 0) is 6.61 Å². The van der Waals surface area contributed by atoms with E-state index in [-0.39, 0.29) is 0 Å². The highest BCUT2D eigenvalue weighted by molar-refractivity contribution is 6.30. The normalized spacial score (nSPS) is 11.0. The van der Waals surface area contributed by atoms with Crippen LogP contribution in [0.4, 0.5) is 0 Å². The maximum Gasteiger partial charge on any atom is 0.171 e. The van der Waals surface area contributed by atoms with Crippen LogP contribution in [0.15, 0.2) is 59.5 Å². The molecule has 0 saturated heterocycles. The lowest BCUT2D eigenvalue weighted by Gasteiger charge is -2.06. The molecule has 0 N–H and O–H groups in total. The minimum Gasteiger partial charge on any atom is -0.484 e. The zero-order valence-electron chi connectivity index (χ0n) is 11.9. The van der Waals surface area contributed by atoms with Crippen LogP contribution in [0.1, 0.15) is 5.69 Å². The van der Waals surface area contributed by atoms with E-state index in [0.717, 1.165) is 17.0 Å². The van der Waals surface area contributed by atoms with Gasteiger partial charge in [0.2, 0.25) is 0 Å². The lowest BCUT2D eigenvalue weighted by molar-refractivity contribution is 0.300. The summed E-state index contributed by atoms with van der Waals surface area (Å²) in [5.41, 5.74) is 2.22. The molecule has 114 valence electrons. The zero-order chi connectivity index (χ0) is 15.6. The molecule has 4 rings (SSSR count). The first-order valence-corrected chi connectivity index (χ1v) is 7.30. The van der Waals surface area contributed by atoms with Crippen LogP contribution in [-0.4, -0.2) is 19.6 Å². The summed E-state index contributed by atoms with van der Waals surface area (Å²) in [5, 5.41) is 4.75. The highest BCUT2D eigenvalue weighted by Gasteiger charge is 2.09. The number of aromatic nitrogens is 4. The number of ether oxygens (including phenoxy) is 1. The van der Waals surface area contributed by atoms with Crippen molar-refractivity contribution in [3.63, 3.8) is 0 Å². The molecule has 23 heavy (non-hydrogen) atoms. The Morgan fingerprint density at radius 2 is 2.17 bits per heavy atom. The Hall–Kier alpha value is -2.86. The van der Waals surface area contributed by atoms with Gasteiger partial charge in [0.15, 0.2) is 22.3 Å². The Labute approximate surface area is 136 Å². The lowest BCUT2D eigenvalue weighted by atomic mass is 10.3. The van der Waals surface area contributed by atoms with Crippen molar-refractivity contribution in [1.29, 1.82) is 0 Å². The molecule has 7 heteroatoms. The topological polar surface area (TPSA) is 65.5 Å². The van der Waals surface area contributed by atoms with Crippen molar-refractivity contribution < 1.29 is 9.15 Å². The number of fused-ring (bicyclic) bond motifs is 1. The third-order valence-corrected chi connectivity index (χ3v) is 3.54. The fourth-order valence-electron chi connectivity index (χ4n) is 2.17. The van der Waals surface area contributed by atoms with Crippen molar-refractivity contribution in [3.8, 4) is 17.2 Å². The van der Waals surface area contributed by atoms with Gasteiger partial charge >= 0.3 is 0 Å². The summed E-state index contributed by atoms with van der Waals surface area (Å²) in [6.45, 7) is 0.295. The number of nitrogens with zero attached hydrogens (tertiary/aromatic N) is 4. The third kappa shape index (κ3) is 2.76. The van der Waals surface area contributed by atoms with E-state index in [2.05, 4.69) is 15.1 Å². The van der Waals surface area contributed by atoms with Gasteiger partial charge in [-0.2, -0.15) is 5.10 Å². The third-order valence-electron chi connectivity index (χ3n) is 3.26. The van der Waals surface area contributed by atoms with Crippen molar-refractivity contribution in [1.82, 2.24) is 19.6 Å². The van der Waals surface area contributed by atoms with E-state index in [1.54, 1.807) is 29.1 Å². The van der Waals surface area contributed by atoms with Crippen molar-refractivity contribution in [2.45, 2.75) is 6.61 Å². The molecule has 0 bridgehead atoms. The molecule has 0 saturated carbocycles. The fraction of sp³-hybridized carbons (Fsp3) is 0.0625. The Balaban J connectivity index is 1.58. The second-order valence-corrected chi connectivity index (χ2v) is 5.17. The van der Waals surface area contributed by atoms with Gasteiger partial charge in [-0.25, -0.2) is 14.5 Å². The molecule has 4 aromatic rings. The molecule has 0 aliphatic heterocycles. The van der Waals surface area contributed by atoms with E-state index in [9.17, 15) is 0 Å². The smallest absolute Gasteiger partial charge is 0.171 e. The standard InChI is InChI=1S/C16H11ClN4O2/c17-16-14(3-1-6-18-16)23-10-11-5-7-21-15(19-11)9-12(20-21)13-4-2-8-22-13/h1-9H,10H2. The molecule has 0 unspecified atom stereocenters. The quantitative estimate of drug-likeness (QED) is 0.536. The summed E-state index contributed by atoms with van der Waals surface area (Å²) < 4.78 is 12.7. The SMILES string of the molecule is Clc1ncccc1OCc1ccn2nc(-c3ccco3)cc2n1. The Morgan fingerprint density at radius 3 is 3.00 bits per heavy atom. The van der Waals surface area contributed by atoms with Crippen LogP contribution < -0.4 is 4.74 Å². The highest BCUT2D eigenvalue weighted by Crippen LogP contribution is 2.22. The van der Waals surface area contributed by atoms with E-state index in [4.69, 9.17) is 20.8 Å². The molecular formula is C16H11ClN4O2. The zero-order valence-corrected chi connectivity index (χ0v) is 12.6. The predicted octanol–water partition coefficient (Wildman–Crippen LogP) is 3.62. The van der Waals surface area contributed by atoms with E-state index in [0.29, 0.717) is 23.3 Å². The maximum absolute atomic E-state index is 5.96. The summed E-state index contributed by atoms with van der Waals surface area (Å²) >= 11 is 5.96. The van der Waals surface area contributed by atoms with Crippen LogP contribution >= 0.6 is 11.6 Å². The van der Waals surface area contributed by atoms with E-state index >= 15 is 0 Å². The Morgan fingerprint density at radius 1 is 1.22 bits per heavy atom. The first-order chi connectivity index (χ1) is 11.3. The molecule has 0 radical (unpaired) electrons. The maximum atomic E-state index is 5.96. The minimum atomic E-state index is 0.295. The lowest BCUT2D eigenvalue weighted by Crippen LogP contribution is -2.01. The summed E-state index contributed by atoms with van der Waals surface area (Å²) in [6.07, 6.45) is 5.06. The number of pyridine rings is 1. The second kappa shape index (κ2) is 5.73. The number of furan rings is 1. The van der Waals surface area contributed by atoms with Crippen LogP contribution in [0.5, 0.6) is 5.75 Å². The molecule has 6 nitrogen and oxygen atoms in total. The van der Waals surface area contributed by atoms with Gasteiger partial charge in [-0.3, -0.25) is 0 Å². The molecular weight excluding hydrogens is 316 g/mol. The molecule has 0 atom stereocenters. The van der Waals surface area contributed by atoms with Crippen LogP contribution in [0.2, 0.25) is 5.15 Å². The minimum absolute atomic E-state index is 0.295. The Kier molecular flexibility index (Phi) is 3.44. The monoisotopic (exact) mass is 326 g/mol. The number of hydrogen-bond donors (Lipinski definition) is 0. The summed E-state index contributed by atoms with van der Waals surface area (Å²) in [7, 11) is 0. The molecule has 0 aliphatic carbocycles. The summed E-state index contributed by atoms with van der Waals surface area (Å²) in [4.78, 5) is 8.49. The van der Waals surface area contributed by atoms with Crippen LogP contribution in [0.25, 0.3) is 17.1 Å². The molecule has 0 amide bonds. The van der Waals surface area contributed by atoms with Gasteiger partial charge in [0.1, 0.15) is 12.3 Å². The predicted molar refractivity (Wildman–Crippen MR) is 84.3 cm³/mol. The molecule has 0 spiro atoms. The van der Waals surface area contributed by atoms with Gasteiger partial charge in [0.05, 0.1) is 12.0 Å². The van der Waals surface area contributed by atoms with Crippen molar-refractivity contribution in [3.05, 3.63) is 65.9 Å². The molecule has 0 fully saturated rings. The molecule has 4 heterocycles. The van der Waals surface area contributed by atoms with Gasteiger partial charge in [-0.05, 0) is 30.3 Å². The van der Waals surface area contributed by atoms with Crippen LogP contribution in [0, 0.1) is 0 Å². The van der Waals surface area contributed by atoms with Crippen molar-refractivity contribution in [2.75, 3.05) is 0 Å². The van der Waals surface area contributed by atoms with Gasteiger partial charge in [0.25, 0.3) is 0 Å². The summed E-state index contributed by atoms with van der Waals surface area (Å²) in [6, 6.07) is 10.9. The fourth-order valence-corrected chi connectivity index (χ4v) is 2.35. The van der Waals surface area contributed by atoms with Crippen LogP contribution in [0.3, 0.4) is 0 Å². The van der Waals surface area contributed by atoms with Gasteiger partial charge < -0.3 is 9.15 Å². The van der Waals surface area contributed by atoms with Gasteiger partial charge in [-0.15, -0.1) is 0 Å². The molecule has 0 aliphatic rings. The molecule has 4 aromatic heterocycles. The largest absolute Gasteiger partial charge is 0.484 e. The first-order valence-electron chi connectivity index (χ1n) is 6.92. The van der Waals surface area contributed by atoms with E-state index in [1.165, 1.54) is 0 Å². The van der Waals surface area contributed by atoms with Gasteiger partial charge in [-0.1, -0.05) is 11.6 Å². The van der Waals surface area contributed by atoms with E-state index in [1.807, 2.05) is 30.5 Å². The second-order valence-electron chi connectivity index (χ2n) is 4.81. The van der Waals surface area contributed by atoms with E-state index < -0.39 is 0 Å². The first kappa shape index (κ1) is 13.8. The number of hydrogen-bond acceptors (Lipinski definition) is 5. The average Bonchev–Trinajstić information content (AvgIpc) is 3.22. The number of halogens is 1. The van der Waals surface area contributed by atoms with Gasteiger partial charge in [0, 0.05) is 18.5 Å². The highest BCUT2D eigenvalue weighted by atomic mass is 35.5. The average molecular weight is 327 g/mol. The number of rotatable bonds is 4.